The molecule has 6 rings (SSSR count). The molecule has 3 heterocycles. The molecule has 2 aliphatic rings. The number of likely N-dealkylation sites (tertiary alicyclic amines) is 2. The molecule has 3 aromatic carbocycles. The Hall–Kier alpha value is -3.13. The fourth-order valence-electron chi connectivity index (χ4n) is 5.48. The van der Waals surface area contributed by atoms with Crippen LogP contribution in [0.4, 0.5) is 4.39 Å². The second-order valence-electron chi connectivity index (χ2n) is 9.87. The van der Waals surface area contributed by atoms with E-state index in [1.807, 2.05) is 30.3 Å². The van der Waals surface area contributed by atoms with Crippen LogP contribution in [-0.4, -0.2) is 61.3 Å². The third-order valence-corrected chi connectivity index (χ3v) is 8.38. The van der Waals surface area contributed by atoms with E-state index in [1.165, 1.54) is 49.6 Å². The standard InChI is InChI=1S/C29H29FN2O3S/c1-31-15-20-17-32(18-21(20)16-31)12-13-34-24-7-9-25(10-8-24)35-28-26-11-6-23(33)14-27(26)36-29(28)19-2-4-22(30)5-3-19/h2-11,14,20-21,33H,12-13,15-18H2,1H3. The zero-order valence-corrected chi connectivity index (χ0v) is 21.0. The number of phenols is 1. The van der Waals surface area contributed by atoms with Crippen LogP contribution in [-0.2, 0) is 0 Å². The van der Waals surface area contributed by atoms with Gasteiger partial charge in [0.25, 0.3) is 0 Å². The van der Waals surface area contributed by atoms with Gasteiger partial charge in [-0.3, -0.25) is 4.90 Å². The second-order valence-corrected chi connectivity index (χ2v) is 10.9. The molecule has 2 fully saturated rings. The van der Waals surface area contributed by atoms with E-state index in [9.17, 15) is 9.50 Å². The number of fused-ring (bicyclic) bond motifs is 2. The molecule has 0 radical (unpaired) electrons. The topological polar surface area (TPSA) is 45.2 Å². The van der Waals surface area contributed by atoms with Crippen molar-refractivity contribution in [3.63, 3.8) is 0 Å². The van der Waals surface area contributed by atoms with Gasteiger partial charge in [0.15, 0.2) is 5.75 Å². The summed E-state index contributed by atoms with van der Waals surface area (Å²) in [5, 5.41) is 10.8. The van der Waals surface area contributed by atoms with Gasteiger partial charge in [-0.25, -0.2) is 4.39 Å². The predicted octanol–water partition coefficient (Wildman–Crippen LogP) is 6.08. The van der Waals surface area contributed by atoms with Crippen molar-refractivity contribution in [2.45, 2.75) is 0 Å². The molecule has 0 aliphatic carbocycles. The molecule has 2 atom stereocenters. The maximum Gasteiger partial charge on any atom is 0.153 e. The summed E-state index contributed by atoms with van der Waals surface area (Å²) in [4.78, 5) is 5.85. The van der Waals surface area contributed by atoms with E-state index in [-0.39, 0.29) is 11.6 Å². The molecule has 7 heteroatoms. The SMILES string of the molecule is CN1CC2CN(CCOc3ccc(Oc4c(-c5ccc(F)cc5)sc5cc(O)ccc45)cc3)CC2C1. The molecular weight excluding hydrogens is 475 g/mol. The lowest BCUT2D eigenvalue weighted by Crippen LogP contribution is -2.30. The normalized spacial score (nSPS) is 20.2. The molecule has 4 aromatic rings. The van der Waals surface area contributed by atoms with Crippen LogP contribution in [0, 0.1) is 17.7 Å². The Balaban J connectivity index is 1.13. The number of rotatable bonds is 7. The van der Waals surface area contributed by atoms with Crippen molar-refractivity contribution in [1.29, 1.82) is 0 Å². The first-order valence-corrected chi connectivity index (χ1v) is 13.2. The van der Waals surface area contributed by atoms with Crippen LogP contribution in [0.15, 0.2) is 66.7 Å². The highest BCUT2D eigenvalue weighted by Crippen LogP contribution is 2.47. The van der Waals surface area contributed by atoms with E-state index >= 15 is 0 Å². The van der Waals surface area contributed by atoms with Gasteiger partial charge >= 0.3 is 0 Å². The van der Waals surface area contributed by atoms with Crippen molar-refractivity contribution in [3.8, 4) is 33.4 Å². The van der Waals surface area contributed by atoms with Crippen LogP contribution in [0.2, 0.25) is 0 Å². The van der Waals surface area contributed by atoms with Crippen molar-refractivity contribution >= 4 is 21.4 Å². The molecular formula is C29H29FN2O3S. The Bertz CT molecular complexity index is 1340. The number of hydrogen-bond donors (Lipinski definition) is 1. The van der Waals surface area contributed by atoms with E-state index in [4.69, 9.17) is 9.47 Å². The van der Waals surface area contributed by atoms with E-state index < -0.39 is 0 Å². The van der Waals surface area contributed by atoms with E-state index in [2.05, 4.69) is 16.8 Å². The lowest BCUT2D eigenvalue weighted by molar-refractivity contribution is 0.218. The second kappa shape index (κ2) is 9.73. The van der Waals surface area contributed by atoms with Gasteiger partial charge in [0, 0.05) is 42.8 Å². The maximum atomic E-state index is 13.5. The van der Waals surface area contributed by atoms with Gasteiger partial charge in [-0.2, -0.15) is 0 Å². The molecule has 0 bridgehead atoms. The lowest BCUT2D eigenvalue weighted by atomic mass is 10.0. The Morgan fingerprint density at radius 3 is 2.33 bits per heavy atom. The van der Waals surface area contributed by atoms with Gasteiger partial charge in [-0.1, -0.05) is 12.1 Å². The summed E-state index contributed by atoms with van der Waals surface area (Å²) >= 11 is 1.51. The van der Waals surface area contributed by atoms with Gasteiger partial charge in [-0.05, 0) is 79.0 Å². The van der Waals surface area contributed by atoms with E-state index in [1.54, 1.807) is 24.3 Å². The fourth-order valence-corrected chi connectivity index (χ4v) is 6.64. The number of aromatic hydroxyl groups is 1. The van der Waals surface area contributed by atoms with Crippen LogP contribution < -0.4 is 9.47 Å². The summed E-state index contributed by atoms with van der Waals surface area (Å²) in [5.74, 6) is 3.74. The van der Waals surface area contributed by atoms with Crippen LogP contribution in [0.3, 0.4) is 0 Å². The maximum absolute atomic E-state index is 13.5. The molecule has 0 spiro atoms. The molecule has 186 valence electrons. The summed E-state index contributed by atoms with van der Waals surface area (Å²) in [6.07, 6.45) is 0. The van der Waals surface area contributed by atoms with Crippen LogP contribution in [0.5, 0.6) is 23.0 Å². The Morgan fingerprint density at radius 2 is 1.61 bits per heavy atom. The third kappa shape index (κ3) is 4.78. The molecule has 1 aromatic heterocycles. The minimum Gasteiger partial charge on any atom is -0.508 e. The number of ether oxygens (including phenoxy) is 2. The van der Waals surface area contributed by atoms with Gasteiger partial charge in [0.05, 0.1) is 4.88 Å². The lowest BCUT2D eigenvalue weighted by Gasteiger charge is -2.19. The van der Waals surface area contributed by atoms with E-state index in [0.29, 0.717) is 18.1 Å². The molecule has 36 heavy (non-hydrogen) atoms. The summed E-state index contributed by atoms with van der Waals surface area (Å²) in [6, 6.07) is 19.3. The Labute approximate surface area is 214 Å². The number of phenolic OH excluding ortho intramolecular Hbond substituents is 1. The molecule has 2 unspecified atom stereocenters. The van der Waals surface area contributed by atoms with Crippen molar-refractivity contribution in [3.05, 3.63) is 72.5 Å². The fraction of sp³-hybridized carbons (Fsp3) is 0.310. The molecule has 0 saturated carbocycles. The molecule has 2 aliphatic heterocycles. The highest BCUT2D eigenvalue weighted by Gasteiger charge is 2.38. The predicted molar refractivity (Wildman–Crippen MR) is 142 cm³/mol. The van der Waals surface area contributed by atoms with Crippen molar-refractivity contribution in [2.75, 3.05) is 46.4 Å². The average Bonchev–Trinajstić information content (AvgIpc) is 3.51. The van der Waals surface area contributed by atoms with Crippen LogP contribution in [0.1, 0.15) is 0 Å². The first kappa shape index (κ1) is 23.3. The summed E-state index contributed by atoms with van der Waals surface area (Å²) in [6.45, 7) is 6.40. The van der Waals surface area contributed by atoms with E-state index in [0.717, 1.165) is 44.7 Å². The zero-order valence-electron chi connectivity index (χ0n) is 20.2. The highest BCUT2D eigenvalue weighted by molar-refractivity contribution is 7.22. The van der Waals surface area contributed by atoms with Crippen LogP contribution in [0.25, 0.3) is 20.5 Å². The van der Waals surface area contributed by atoms with Crippen molar-refractivity contribution in [2.24, 2.45) is 11.8 Å². The number of nitrogens with zero attached hydrogens (tertiary/aromatic N) is 2. The molecule has 2 saturated heterocycles. The van der Waals surface area contributed by atoms with Crippen molar-refractivity contribution in [1.82, 2.24) is 9.80 Å². The first-order valence-electron chi connectivity index (χ1n) is 12.3. The largest absolute Gasteiger partial charge is 0.508 e. The smallest absolute Gasteiger partial charge is 0.153 e. The molecule has 0 amide bonds. The first-order chi connectivity index (χ1) is 17.5. The zero-order chi connectivity index (χ0) is 24.6. The quantitative estimate of drug-likeness (QED) is 0.331. The van der Waals surface area contributed by atoms with Crippen LogP contribution >= 0.6 is 11.3 Å². The van der Waals surface area contributed by atoms with Gasteiger partial charge < -0.3 is 19.5 Å². The molecule has 5 nitrogen and oxygen atoms in total. The van der Waals surface area contributed by atoms with Gasteiger partial charge in [-0.15, -0.1) is 11.3 Å². The number of thiophene rings is 1. The van der Waals surface area contributed by atoms with Crippen molar-refractivity contribution < 1.29 is 19.0 Å². The third-order valence-electron chi connectivity index (χ3n) is 7.20. The number of benzene rings is 3. The molecule has 1 N–H and O–H groups in total. The Kier molecular flexibility index (Phi) is 6.29. The van der Waals surface area contributed by atoms with Gasteiger partial charge in [0.1, 0.15) is 29.7 Å². The van der Waals surface area contributed by atoms with Gasteiger partial charge in [0.2, 0.25) is 0 Å². The summed E-state index contributed by atoms with van der Waals surface area (Å²) in [5.41, 5.74) is 0.866. The summed E-state index contributed by atoms with van der Waals surface area (Å²) in [7, 11) is 2.22. The highest BCUT2D eigenvalue weighted by atomic mass is 32.1. The average molecular weight is 505 g/mol. The number of hydrogen-bond acceptors (Lipinski definition) is 6. The summed E-state index contributed by atoms with van der Waals surface area (Å²) < 4.78 is 26.8. The number of halogens is 1. The monoisotopic (exact) mass is 504 g/mol. The minimum absolute atomic E-state index is 0.201. The minimum atomic E-state index is -0.282. The Morgan fingerprint density at radius 1 is 0.917 bits per heavy atom.